The number of benzene rings is 3. The quantitative estimate of drug-likeness (QED) is 0.532. The van der Waals surface area contributed by atoms with Gasteiger partial charge in [-0.15, -0.1) is 0 Å². The predicted molar refractivity (Wildman–Crippen MR) is 96.3 cm³/mol. The van der Waals surface area contributed by atoms with Crippen molar-refractivity contribution in [1.82, 2.24) is 0 Å². The maximum absolute atomic E-state index is 13.0. The predicted octanol–water partition coefficient (Wildman–Crippen LogP) is 3.94. The van der Waals surface area contributed by atoms with Crippen LogP contribution in [0.5, 0.6) is 0 Å². The van der Waals surface area contributed by atoms with Crippen LogP contribution in [0.4, 0.5) is 5.69 Å². The smallest absolute Gasteiger partial charge is 0.196 e. The molecule has 3 heteroatoms. The van der Waals surface area contributed by atoms with E-state index in [2.05, 4.69) is 11.4 Å². The molecular formula is C20H12ClNO. The molecule has 0 aliphatic carbocycles. The zero-order chi connectivity index (χ0) is 15.6. The van der Waals surface area contributed by atoms with Crippen LogP contribution in [-0.4, -0.2) is 0 Å². The Balaban J connectivity index is 1.95. The number of nitrogens with one attached hydrogen (secondary N) is 1. The first kappa shape index (κ1) is 12.9. The molecule has 5 rings (SSSR count). The highest BCUT2D eigenvalue weighted by Crippen LogP contribution is 2.31. The molecule has 2 nitrogen and oxygen atoms in total. The standard InChI is InChI=1S/C20H12ClNO/c21-15-9-8-13-18-12(15)5-3-6-14(18)20(23)19(13)17-10-11-4-1-2-7-16(11)22-17/h1-9,22H,10H2/b19-17+. The highest BCUT2D eigenvalue weighted by Gasteiger charge is 2.20. The Kier molecular flexibility index (Phi) is 2.51. The van der Waals surface area contributed by atoms with Gasteiger partial charge in [0.1, 0.15) is 0 Å². The van der Waals surface area contributed by atoms with Crippen molar-refractivity contribution in [3.63, 3.8) is 0 Å². The van der Waals surface area contributed by atoms with Crippen molar-refractivity contribution in [2.75, 3.05) is 5.32 Å². The molecule has 0 amide bonds. The number of anilines is 1. The lowest BCUT2D eigenvalue weighted by Gasteiger charge is -2.01. The van der Waals surface area contributed by atoms with Crippen molar-refractivity contribution in [1.29, 1.82) is 0 Å². The average Bonchev–Trinajstić information content (AvgIpc) is 3.11. The van der Waals surface area contributed by atoms with E-state index < -0.39 is 0 Å². The largest absolute Gasteiger partial charge is 0.358 e. The number of rotatable bonds is 0. The fraction of sp³-hybridized carbons (Fsp3) is 0.0500. The first-order valence-corrected chi connectivity index (χ1v) is 7.96. The molecule has 0 bridgehead atoms. The van der Waals surface area contributed by atoms with Gasteiger partial charge in [0.25, 0.3) is 0 Å². The summed E-state index contributed by atoms with van der Waals surface area (Å²) in [4.78, 5) is 13.0. The summed E-state index contributed by atoms with van der Waals surface area (Å²) in [7, 11) is 0. The van der Waals surface area contributed by atoms with Crippen molar-refractivity contribution < 1.29 is 0 Å². The van der Waals surface area contributed by atoms with Gasteiger partial charge in [0.15, 0.2) is 5.43 Å². The second kappa shape index (κ2) is 4.46. The highest BCUT2D eigenvalue weighted by molar-refractivity contribution is 6.37. The molecule has 0 fully saturated rings. The first-order valence-electron chi connectivity index (χ1n) is 7.58. The van der Waals surface area contributed by atoms with Crippen molar-refractivity contribution in [3.8, 4) is 0 Å². The van der Waals surface area contributed by atoms with Gasteiger partial charge in [-0.05, 0) is 23.1 Å². The minimum absolute atomic E-state index is 0.0863. The van der Waals surface area contributed by atoms with Crippen LogP contribution in [0.2, 0.25) is 5.02 Å². The minimum atomic E-state index is 0.0863. The van der Waals surface area contributed by atoms with E-state index in [1.54, 1.807) is 0 Å². The van der Waals surface area contributed by atoms with E-state index in [1.165, 1.54) is 5.56 Å². The van der Waals surface area contributed by atoms with Crippen LogP contribution in [0.25, 0.3) is 27.2 Å². The van der Waals surface area contributed by atoms with Crippen LogP contribution in [0.15, 0.2) is 59.4 Å². The number of fused-ring (bicyclic) bond motifs is 1. The van der Waals surface area contributed by atoms with Crippen molar-refractivity contribution in [2.24, 2.45) is 0 Å². The van der Waals surface area contributed by atoms with Crippen LogP contribution in [0, 0.1) is 0 Å². The van der Waals surface area contributed by atoms with Crippen molar-refractivity contribution in [2.45, 2.75) is 6.42 Å². The molecule has 1 aliphatic rings. The molecule has 0 saturated carbocycles. The van der Waals surface area contributed by atoms with Crippen LogP contribution in [-0.2, 0) is 6.42 Å². The third kappa shape index (κ3) is 1.67. The van der Waals surface area contributed by atoms with E-state index in [0.717, 1.165) is 44.6 Å². The Bertz CT molecular complexity index is 1170. The zero-order valence-corrected chi connectivity index (χ0v) is 12.9. The number of para-hydroxylation sites is 1. The molecule has 0 unspecified atom stereocenters. The first-order chi connectivity index (χ1) is 11.2. The summed E-state index contributed by atoms with van der Waals surface area (Å²) in [6, 6.07) is 17.8. The van der Waals surface area contributed by atoms with Gasteiger partial charge in [0.2, 0.25) is 0 Å². The monoisotopic (exact) mass is 317 g/mol. The van der Waals surface area contributed by atoms with Gasteiger partial charge >= 0.3 is 0 Å². The lowest BCUT2D eigenvalue weighted by atomic mass is 10.1. The summed E-state index contributed by atoms with van der Waals surface area (Å²) in [6.45, 7) is 0. The summed E-state index contributed by atoms with van der Waals surface area (Å²) in [5.41, 5.74) is 3.38. The molecule has 1 heterocycles. The lowest BCUT2D eigenvalue weighted by Crippen LogP contribution is -2.24. The van der Waals surface area contributed by atoms with Crippen LogP contribution in [0.1, 0.15) is 5.56 Å². The van der Waals surface area contributed by atoms with Crippen LogP contribution >= 0.6 is 11.6 Å². The molecule has 1 aliphatic heterocycles. The summed E-state index contributed by atoms with van der Waals surface area (Å²) in [6.07, 6.45) is 0.759. The molecule has 0 aromatic heterocycles. The van der Waals surface area contributed by atoms with Crippen molar-refractivity contribution in [3.05, 3.63) is 80.6 Å². The minimum Gasteiger partial charge on any atom is -0.358 e. The van der Waals surface area contributed by atoms with E-state index in [1.807, 2.05) is 48.5 Å². The Morgan fingerprint density at radius 1 is 0.870 bits per heavy atom. The molecule has 110 valence electrons. The van der Waals surface area contributed by atoms with E-state index in [9.17, 15) is 4.79 Å². The zero-order valence-electron chi connectivity index (χ0n) is 12.2. The molecular weight excluding hydrogens is 306 g/mol. The van der Waals surface area contributed by atoms with Crippen molar-refractivity contribution >= 4 is 44.5 Å². The van der Waals surface area contributed by atoms with Gasteiger partial charge < -0.3 is 5.32 Å². The molecule has 0 atom stereocenters. The van der Waals surface area contributed by atoms with E-state index >= 15 is 0 Å². The summed E-state index contributed by atoms with van der Waals surface area (Å²) in [5.74, 6) is 0. The average molecular weight is 318 g/mol. The van der Waals surface area contributed by atoms with E-state index in [-0.39, 0.29) is 5.43 Å². The lowest BCUT2D eigenvalue weighted by molar-refractivity contribution is 1.35. The van der Waals surface area contributed by atoms with E-state index in [0.29, 0.717) is 5.02 Å². The van der Waals surface area contributed by atoms with Gasteiger partial charge in [-0.25, -0.2) is 0 Å². The fourth-order valence-electron chi connectivity index (χ4n) is 3.67. The third-order valence-electron chi connectivity index (χ3n) is 4.70. The topological polar surface area (TPSA) is 29.1 Å². The maximum Gasteiger partial charge on any atom is 0.196 e. The number of halogens is 1. The molecule has 4 aromatic carbocycles. The fourth-order valence-corrected chi connectivity index (χ4v) is 3.89. The summed E-state index contributed by atoms with van der Waals surface area (Å²) in [5, 5.41) is 8.55. The van der Waals surface area contributed by atoms with E-state index in [4.69, 9.17) is 11.6 Å². The Morgan fingerprint density at radius 2 is 1.70 bits per heavy atom. The Labute approximate surface area is 137 Å². The molecule has 0 saturated heterocycles. The van der Waals surface area contributed by atoms with Gasteiger partial charge in [-0.1, -0.05) is 54.1 Å². The number of hydrogen-bond donors (Lipinski definition) is 1. The highest BCUT2D eigenvalue weighted by atomic mass is 35.5. The summed E-state index contributed by atoms with van der Waals surface area (Å²) >= 11 is 6.31. The van der Waals surface area contributed by atoms with Gasteiger partial charge in [-0.2, -0.15) is 0 Å². The van der Waals surface area contributed by atoms with Gasteiger partial charge in [0, 0.05) is 39.0 Å². The molecule has 0 spiro atoms. The van der Waals surface area contributed by atoms with Crippen LogP contribution in [0.3, 0.4) is 0 Å². The second-order valence-electron chi connectivity index (χ2n) is 5.96. The Hall–Kier alpha value is -2.58. The van der Waals surface area contributed by atoms with Gasteiger partial charge in [0.05, 0.1) is 5.22 Å². The van der Waals surface area contributed by atoms with Crippen LogP contribution < -0.4 is 16.0 Å². The summed E-state index contributed by atoms with van der Waals surface area (Å²) < 4.78 is 0. The molecule has 4 aromatic rings. The molecule has 23 heavy (non-hydrogen) atoms. The van der Waals surface area contributed by atoms with Gasteiger partial charge in [-0.3, -0.25) is 4.79 Å². The normalized spacial score (nSPS) is 16.0. The molecule has 1 N–H and O–H groups in total. The third-order valence-corrected chi connectivity index (χ3v) is 5.03. The SMILES string of the molecule is O=c1/c(=C2\Cc3ccccc3N2)c2ccc(Cl)c3cccc1c32. The maximum atomic E-state index is 13.0. The second-order valence-corrected chi connectivity index (χ2v) is 6.37. The molecule has 0 radical (unpaired) electrons. The Morgan fingerprint density at radius 3 is 2.57 bits per heavy atom. The number of hydrogen-bond acceptors (Lipinski definition) is 2.